The third-order valence-corrected chi connectivity index (χ3v) is 5.59. The molecule has 3 saturated heterocycles. The lowest BCUT2D eigenvalue weighted by Crippen LogP contribution is -2.57. The summed E-state index contributed by atoms with van der Waals surface area (Å²) in [5, 5.41) is 3.91. The summed E-state index contributed by atoms with van der Waals surface area (Å²) in [5.41, 5.74) is 0. The molecule has 1 atom stereocenters. The molecule has 2 bridgehead atoms. The molecule has 0 saturated carbocycles. The number of amides is 1. The van der Waals surface area contributed by atoms with Crippen molar-refractivity contribution in [2.45, 2.75) is 18.9 Å². The van der Waals surface area contributed by atoms with Crippen LogP contribution in [0, 0.1) is 5.92 Å². The van der Waals surface area contributed by atoms with Gasteiger partial charge in [-0.1, -0.05) is 11.3 Å². The summed E-state index contributed by atoms with van der Waals surface area (Å²) < 4.78 is 5.72. The Balaban J connectivity index is 1.39. The van der Waals surface area contributed by atoms with Crippen LogP contribution in [0.4, 0.5) is 0 Å². The summed E-state index contributed by atoms with van der Waals surface area (Å²) >= 11 is 1.37. The maximum absolute atomic E-state index is 12.5. The number of piperidine rings is 3. The van der Waals surface area contributed by atoms with E-state index in [1.807, 2.05) is 24.3 Å². The Labute approximate surface area is 139 Å². The Bertz CT molecular complexity index is 680. The zero-order valence-corrected chi connectivity index (χ0v) is 13.6. The molecule has 1 N–H and O–H groups in total. The lowest BCUT2D eigenvalue weighted by atomic mass is 9.84. The van der Waals surface area contributed by atoms with E-state index in [4.69, 9.17) is 4.74 Å². The van der Waals surface area contributed by atoms with Crippen LogP contribution >= 0.6 is 11.3 Å². The SMILES string of the molecule is O=C(NC1CN2CCC1CC2)c1ccc(Oc2cccnc2)s1. The van der Waals surface area contributed by atoms with Crippen LogP contribution in [0.25, 0.3) is 0 Å². The van der Waals surface area contributed by atoms with Crippen molar-refractivity contribution in [3.63, 3.8) is 0 Å². The molecule has 1 amide bonds. The second kappa shape index (κ2) is 6.29. The molecule has 0 spiro atoms. The van der Waals surface area contributed by atoms with Gasteiger partial charge >= 0.3 is 0 Å². The first-order valence-electron chi connectivity index (χ1n) is 7.99. The Morgan fingerprint density at radius 2 is 2.17 bits per heavy atom. The molecule has 2 aromatic heterocycles. The number of ether oxygens (including phenoxy) is 1. The van der Waals surface area contributed by atoms with E-state index in [1.54, 1.807) is 12.4 Å². The minimum atomic E-state index is 0.00906. The highest BCUT2D eigenvalue weighted by Gasteiger charge is 2.35. The fraction of sp³-hybridized carbons (Fsp3) is 0.412. The van der Waals surface area contributed by atoms with Crippen LogP contribution in [0.3, 0.4) is 0 Å². The molecule has 3 fully saturated rings. The minimum absolute atomic E-state index is 0.00906. The predicted molar refractivity (Wildman–Crippen MR) is 89.0 cm³/mol. The van der Waals surface area contributed by atoms with Crippen LogP contribution in [0.1, 0.15) is 22.5 Å². The van der Waals surface area contributed by atoms with Crippen molar-refractivity contribution < 1.29 is 9.53 Å². The first-order valence-corrected chi connectivity index (χ1v) is 8.80. The summed E-state index contributed by atoms with van der Waals surface area (Å²) in [4.78, 5) is 19.6. The topological polar surface area (TPSA) is 54.5 Å². The minimum Gasteiger partial charge on any atom is -0.445 e. The number of hydrogen-bond acceptors (Lipinski definition) is 5. The maximum Gasteiger partial charge on any atom is 0.261 e. The van der Waals surface area contributed by atoms with E-state index in [1.165, 1.54) is 37.3 Å². The highest BCUT2D eigenvalue weighted by Crippen LogP contribution is 2.31. The number of pyridine rings is 1. The average Bonchev–Trinajstić information content (AvgIpc) is 3.05. The highest BCUT2D eigenvalue weighted by molar-refractivity contribution is 7.15. The number of thiophene rings is 1. The van der Waals surface area contributed by atoms with Gasteiger partial charge in [-0.3, -0.25) is 9.78 Å². The maximum atomic E-state index is 12.5. The Hall–Kier alpha value is -1.92. The van der Waals surface area contributed by atoms with E-state index in [2.05, 4.69) is 15.2 Å². The second-order valence-electron chi connectivity index (χ2n) is 6.13. The summed E-state index contributed by atoms with van der Waals surface area (Å²) in [6.45, 7) is 3.35. The summed E-state index contributed by atoms with van der Waals surface area (Å²) in [7, 11) is 0. The largest absolute Gasteiger partial charge is 0.445 e. The van der Waals surface area contributed by atoms with E-state index in [-0.39, 0.29) is 11.9 Å². The number of aromatic nitrogens is 1. The summed E-state index contributed by atoms with van der Waals surface area (Å²) in [6, 6.07) is 7.62. The first-order chi connectivity index (χ1) is 11.3. The molecule has 0 aliphatic carbocycles. The van der Waals surface area contributed by atoms with Gasteiger partial charge in [-0.15, -0.1) is 0 Å². The van der Waals surface area contributed by atoms with Gasteiger partial charge in [0.15, 0.2) is 5.06 Å². The van der Waals surface area contributed by atoms with Gasteiger partial charge in [-0.2, -0.15) is 0 Å². The molecular weight excluding hydrogens is 310 g/mol. The Morgan fingerprint density at radius 1 is 1.30 bits per heavy atom. The van der Waals surface area contributed by atoms with Crippen molar-refractivity contribution in [2.24, 2.45) is 5.92 Å². The Morgan fingerprint density at radius 3 is 2.87 bits per heavy atom. The zero-order chi connectivity index (χ0) is 15.6. The molecule has 3 aliphatic rings. The molecule has 2 aromatic rings. The van der Waals surface area contributed by atoms with Crippen LogP contribution in [-0.2, 0) is 0 Å². The van der Waals surface area contributed by atoms with Crippen molar-refractivity contribution in [1.29, 1.82) is 0 Å². The van der Waals surface area contributed by atoms with Gasteiger partial charge in [0.1, 0.15) is 5.75 Å². The zero-order valence-electron chi connectivity index (χ0n) is 12.8. The smallest absolute Gasteiger partial charge is 0.261 e. The summed E-state index contributed by atoms with van der Waals surface area (Å²) in [6.07, 6.45) is 5.76. The average molecular weight is 329 g/mol. The van der Waals surface area contributed by atoms with Gasteiger partial charge < -0.3 is 15.0 Å². The van der Waals surface area contributed by atoms with Crippen LogP contribution in [0.2, 0.25) is 0 Å². The molecule has 3 aliphatic heterocycles. The lowest BCUT2D eigenvalue weighted by molar-refractivity contribution is 0.0622. The molecular formula is C17H19N3O2S. The molecule has 0 radical (unpaired) electrons. The molecule has 0 aromatic carbocycles. The Kier molecular flexibility index (Phi) is 4.01. The van der Waals surface area contributed by atoms with E-state index in [0.717, 1.165) is 6.54 Å². The molecule has 1 unspecified atom stereocenters. The van der Waals surface area contributed by atoms with Crippen molar-refractivity contribution in [3.8, 4) is 10.8 Å². The molecule has 5 heterocycles. The van der Waals surface area contributed by atoms with Gasteiger partial charge in [0.2, 0.25) is 0 Å². The standard InChI is InChI=1S/C17H19N3O2S/c21-17(19-14-11-20-8-5-12(14)6-9-20)15-3-4-16(23-15)22-13-2-1-7-18-10-13/h1-4,7,10,12,14H,5-6,8-9,11H2,(H,19,21). The van der Waals surface area contributed by atoms with E-state index < -0.39 is 0 Å². The molecule has 5 rings (SSSR count). The molecule has 6 heteroatoms. The van der Waals surface area contributed by atoms with Crippen molar-refractivity contribution in [3.05, 3.63) is 41.5 Å². The van der Waals surface area contributed by atoms with E-state index in [0.29, 0.717) is 21.6 Å². The molecule has 23 heavy (non-hydrogen) atoms. The number of fused-ring (bicyclic) bond motifs is 3. The normalized spacial score (nSPS) is 26.0. The number of rotatable bonds is 4. The van der Waals surface area contributed by atoms with Gasteiger partial charge in [0.05, 0.1) is 11.1 Å². The molecule has 120 valence electrons. The van der Waals surface area contributed by atoms with Gasteiger partial charge in [0.25, 0.3) is 5.91 Å². The number of carbonyl (C=O) groups is 1. The second-order valence-corrected chi connectivity index (χ2v) is 7.17. The van der Waals surface area contributed by atoms with Crippen molar-refractivity contribution in [2.75, 3.05) is 19.6 Å². The van der Waals surface area contributed by atoms with Crippen LogP contribution in [0.5, 0.6) is 10.8 Å². The fourth-order valence-corrected chi connectivity index (χ4v) is 4.17. The third-order valence-electron chi connectivity index (χ3n) is 4.63. The molecule has 5 nitrogen and oxygen atoms in total. The summed E-state index contributed by atoms with van der Waals surface area (Å²) in [5.74, 6) is 1.32. The van der Waals surface area contributed by atoms with Gasteiger partial charge in [-0.25, -0.2) is 0 Å². The van der Waals surface area contributed by atoms with E-state index in [9.17, 15) is 4.79 Å². The van der Waals surface area contributed by atoms with Crippen molar-refractivity contribution >= 4 is 17.2 Å². The third kappa shape index (κ3) is 3.23. The van der Waals surface area contributed by atoms with Crippen LogP contribution < -0.4 is 10.1 Å². The quantitative estimate of drug-likeness (QED) is 0.937. The number of nitrogens with one attached hydrogen (secondary N) is 1. The van der Waals surface area contributed by atoms with Crippen molar-refractivity contribution in [1.82, 2.24) is 15.2 Å². The van der Waals surface area contributed by atoms with E-state index >= 15 is 0 Å². The fourth-order valence-electron chi connectivity index (χ4n) is 3.39. The highest BCUT2D eigenvalue weighted by atomic mass is 32.1. The number of hydrogen-bond donors (Lipinski definition) is 1. The van der Waals surface area contributed by atoms with Crippen LogP contribution in [0.15, 0.2) is 36.7 Å². The number of nitrogens with zero attached hydrogens (tertiary/aromatic N) is 2. The van der Waals surface area contributed by atoms with Gasteiger partial charge in [0, 0.05) is 18.8 Å². The lowest BCUT2D eigenvalue weighted by Gasteiger charge is -2.44. The predicted octanol–water partition coefficient (Wildman–Crippen LogP) is 2.76. The first kappa shape index (κ1) is 14.7. The number of carbonyl (C=O) groups excluding carboxylic acids is 1. The monoisotopic (exact) mass is 329 g/mol. The van der Waals surface area contributed by atoms with Crippen LogP contribution in [-0.4, -0.2) is 41.5 Å². The van der Waals surface area contributed by atoms with Gasteiger partial charge in [-0.05, 0) is 56.1 Å².